The molecule has 1 amide bonds. The predicted molar refractivity (Wildman–Crippen MR) is 94.3 cm³/mol. The van der Waals surface area contributed by atoms with Crippen LogP contribution < -0.4 is 10.6 Å². The average Bonchev–Trinajstić information content (AvgIpc) is 2.59. The van der Waals surface area contributed by atoms with Gasteiger partial charge in [-0.1, -0.05) is 36.0 Å². The number of nitrogen functional groups attached to an aromatic ring is 1. The van der Waals surface area contributed by atoms with Crippen molar-refractivity contribution in [3.63, 3.8) is 0 Å². The molecule has 1 aliphatic rings. The number of carbonyl (C=O) groups excluding carboxylic acids is 1. The lowest BCUT2D eigenvalue weighted by molar-refractivity contribution is 0.0998. The van der Waals surface area contributed by atoms with Crippen LogP contribution in [0.1, 0.15) is 10.4 Å². The molecule has 3 aromatic carbocycles. The fourth-order valence-electron chi connectivity index (χ4n) is 2.68. The third-order valence-electron chi connectivity index (χ3n) is 3.79. The second kappa shape index (κ2) is 5.48. The number of fused-ring (bicyclic) bond motifs is 2. The van der Waals surface area contributed by atoms with Crippen molar-refractivity contribution in [3.8, 4) is 0 Å². The third-order valence-corrected chi connectivity index (χ3v) is 4.92. The topological polar surface area (TPSA) is 46.3 Å². The van der Waals surface area contributed by atoms with Crippen molar-refractivity contribution >= 4 is 34.7 Å². The summed E-state index contributed by atoms with van der Waals surface area (Å²) in [6.45, 7) is 0. The largest absolute Gasteiger partial charge is 0.399 e. The quantitative estimate of drug-likeness (QED) is 0.661. The van der Waals surface area contributed by atoms with Crippen LogP contribution in [0.25, 0.3) is 0 Å². The Morgan fingerprint density at radius 2 is 1.30 bits per heavy atom. The Morgan fingerprint density at radius 3 is 1.87 bits per heavy atom. The molecule has 23 heavy (non-hydrogen) atoms. The standard InChI is InChI=1S/C19H14N2OS/c20-14-11-9-13(10-12-14)19(22)21-15-5-1-3-7-17(15)23-18-8-4-2-6-16(18)21/h1-12H,20H2. The monoisotopic (exact) mass is 318 g/mol. The number of benzene rings is 3. The lowest BCUT2D eigenvalue weighted by Gasteiger charge is -2.31. The molecule has 2 N–H and O–H groups in total. The zero-order chi connectivity index (χ0) is 15.8. The number of nitrogens with zero attached hydrogens (tertiary/aromatic N) is 1. The lowest BCUT2D eigenvalue weighted by atomic mass is 10.1. The Labute approximate surface area is 138 Å². The van der Waals surface area contributed by atoms with Gasteiger partial charge in [0.2, 0.25) is 0 Å². The summed E-state index contributed by atoms with van der Waals surface area (Å²) in [6.07, 6.45) is 0. The highest BCUT2D eigenvalue weighted by molar-refractivity contribution is 7.99. The van der Waals surface area contributed by atoms with Crippen LogP contribution in [0.2, 0.25) is 0 Å². The summed E-state index contributed by atoms with van der Waals surface area (Å²) in [4.78, 5) is 17.1. The number of carbonyl (C=O) groups is 1. The van der Waals surface area contributed by atoms with Crippen LogP contribution in [0.4, 0.5) is 17.1 Å². The first-order valence-electron chi connectivity index (χ1n) is 7.30. The highest BCUT2D eigenvalue weighted by Gasteiger charge is 2.28. The van der Waals surface area contributed by atoms with Gasteiger partial charge in [0.25, 0.3) is 5.91 Å². The maximum atomic E-state index is 13.1. The molecule has 0 aromatic heterocycles. The van der Waals surface area contributed by atoms with Crippen LogP contribution >= 0.6 is 11.8 Å². The molecule has 4 heteroatoms. The lowest BCUT2D eigenvalue weighted by Crippen LogP contribution is -2.28. The first kappa shape index (κ1) is 13.9. The van der Waals surface area contributed by atoms with Crippen LogP contribution in [0.5, 0.6) is 0 Å². The Morgan fingerprint density at radius 1 is 0.783 bits per heavy atom. The molecular weight excluding hydrogens is 304 g/mol. The van der Waals surface area contributed by atoms with Crippen molar-refractivity contribution in [3.05, 3.63) is 78.4 Å². The fourth-order valence-corrected chi connectivity index (χ4v) is 3.74. The van der Waals surface area contributed by atoms with Crippen molar-refractivity contribution in [2.45, 2.75) is 9.79 Å². The summed E-state index contributed by atoms with van der Waals surface area (Å²) in [5, 5.41) is 0. The number of nitrogens with two attached hydrogens (primary N) is 1. The minimum atomic E-state index is -0.0507. The van der Waals surface area contributed by atoms with Gasteiger partial charge in [-0.3, -0.25) is 9.69 Å². The Kier molecular flexibility index (Phi) is 3.32. The van der Waals surface area contributed by atoms with Crippen molar-refractivity contribution in [2.24, 2.45) is 0 Å². The van der Waals surface area contributed by atoms with Gasteiger partial charge in [0.15, 0.2) is 0 Å². The summed E-state index contributed by atoms with van der Waals surface area (Å²) in [6, 6.07) is 23.0. The summed E-state index contributed by atoms with van der Waals surface area (Å²) in [5.41, 5.74) is 8.83. The van der Waals surface area contributed by atoms with Gasteiger partial charge in [-0.25, -0.2) is 0 Å². The summed E-state index contributed by atoms with van der Waals surface area (Å²) < 4.78 is 0. The van der Waals surface area contributed by atoms with Gasteiger partial charge in [-0.15, -0.1) is 0 Å². The number of para-hydroxylation sites is 2. The Hall–Kier alpha value is -2.72. The maximum absolute atomic E-state index is 13.1. The van der Waals surface area contributed by atoms with Crippen LogP contribution in [0.3, 0.4) is 0 Å². The molecule has 3 aromatic rings. The van der Waals surface area contributed by atoms with Crippen molar-refractivity contribution in [1.82, 2.24) is 0 Å². The number of amides is 1. The molecule has 3 nitrogen and oxygen atoms in total. The van der Waals surface area contributed by atoms with E-state index >= 15 is 0 Å². The fraction of sp³-hybridized carbons (Fsp3) is 0. The first-order chi connectivity index (χ1) is 11.2. The molecule has 4 rings (SSSR count). The van der Waals surface area contributed by atoms with E-state index in [9.17, 15) is 4.79 Å². The van der Waals surface area contributed by atoms with E-state index in [0.29, 0.717) is 11.3 Å². The van der Waals surface area contributed by atoms with Crippen molar-refractivity contribution in [1.29, 1.82) is 0 Å². The first-order valence-corrected chi connectivity index (χ1v) is 8.11. The number of anilines is 3. The molecule has 1 heterocycles. The van der Waals surface area contributed by atoms with Crippen molar-refractivity contribution in [2.75, 3.05) is 10.6 Å². The summed E-state index contributed by atoms with van der Waals surface area (Å²) in [5.74, 6) is -0.0507. The second-order valence-electron chi connectivity index (χ2n) is 5.30. The summed E-state index contributed by atoms with van der Waals surface area (Å²) in [7, 11) is 0. The summed E-state index contributed by atoms with van der Waals surface area (Å²) >= 11 is 1.69. The molecule has 112 valence electrons. The highest BCUT2D eigenvalue weighted by atomic mass is 32.2. The minimum Gasteiger partial charge on any atom is -0.399 e. The number of rotatable bonds is 1. The molecule has 0 bridgehead atoms. The zero-order valence-corrected chi connectivity index (χ0v) is 13.1. The van der Waals surface area contributed by atoms with Gasteiger partial charge in [0.05, 0.1) is 11.4 Å². The van der Waals surface area contributed by atoms with Gasteiger partial charge in [-0.05, 0) is 48.5 Å². The van der Waals surface area contributed by atoms with Gasteiger partial charge < -0.3 is 5.73 Å². The molecule has 0 saturated heterocycles. The van der Waals surface area contributed by atoms with Gasteiger partial charge in [0, 0.05) is 21.0 Å². The molecule has 0 spiro atoms. The van der Waals surface area contributed by atoms with Crippen molar-refractivity contribution < 1.29 is 4.79 Å². The Balaban J connectivity index is 1.87. The smallest absolute Gasteiger partial charge is 0.262 e. The van der Waals surface area contributed by atoms with E-state index in [2.05, 4.69) is 0 Å². The van der Waals surface area contributed by atoms with Crippen LogP contribution in [0.15, 0.2) is 82.6 Å². The van der Waals surface area contributed by atoms with E-state index in [1.54, 1.807) is 40.9 Å². The number of hydrogen-bond donors (Lipinski definition) is 1. The average molecular weight is 318 g/mol. The second-order valence-corrected chi connectivity index (χ2v) is 6.38. The van der Waals surface area contributed by atoms with E-state index in [4.69, 9.17) is 5.73 Å². The highest BCUT2D eigenvalue weighted by Crippen LogP contribution is 2.48. The van der Waals surface area contributed by atoms with E-state index in [-0.39, 0.29) is 5.91 Å². The third kappa shape index (κ3) is 2.37. The van der Waals surface area contributed by atoms with Crippen LogP contribution in [-0.4, -0.2) is 5.91 Å². The normalized spacial score (nSPS) is 12.4. The van der Waals surface area contributed by atoms with Crippen LogP contribution in [0, 0.1) is 0 Å². The van der Waals surface area contributed by atoms with Gasteiger partial charge >= 0.3 is 0 Å². The zero-order valence-electron chi connectivity index (χ0n) is 12.3. The van der Waals surface area contributed by atoms with Crippen LogP contribution in [-0.2, 0) is 0 Å². The van der Waals surface area contributed by atoms with E-state index in [1.165, 1.54) is 0 Å². The van der Waals surface area contributed by atoms with Gasteiger partial charge in [-0.2, -0.15) is 0 Å². The molecule has 0 aliphatic carbocycles. The SMILES string of the molecule is Nc1ccc(C(=O)N2c3ccccc3Sc3ccccc32)cc1. The Bertz CT molecular complexity index is 844. The molecule has 0 unspecified atom stereocenters. The molecule has 1 aliphatic heterocycles. The molecular formula is C19H14N2OS. The van der Waals surface area contributed by atoms with Gasteiger partial charge in [0.1, 0.15) is 0 Å². The molecule has 0 radical (unpaired) electrons. The van der Waals surface area contributed by atoms with E-state index in [0.717, 1.165) is 21.2 Å². The molecule has 0 saturated carbocycles. The van der Waals surface area contributed by atoms with E-state index < -0.39 is 0 Å². The maximum Gasteiger partial charge on any atom is 0.262 e. The number of hydrogen-bond acceptors (Lipinski definition) is 3. The molecule has 0 atom stereocenters. The molecule has 0 fully saturated rings. The minimum absolute atomic E-state index is 0.0507. The predicted octanol–water partition coefficient (Wildman–Crippen LogP) is 4.71. The van der Waals surface area contributed by atoms with E-state index in [1.807, 2.05) is 48.5 Å².